The van der Waals surface area contributed by atoms with Gasteiger partial charge in [0.1, 0.15) is 5.75 Å². The van der Waals surface area contributed by atoms with E-state index in [0.29, 0.717) is 23.5 Å². The summed E-state index contributed by atoms with van der Waals surface area (Å²) in [5.74, 6) is 0.579. The Balaban J connectivity index is 1.35. The van der Waals surface area contributed by atoms with Crippen molar-refractivity contribution in [3.63, 3.8) is 0 Å². The smallest absolute Gasteiger partial charge is 0.265 e. The molecule has 1 aliphatic carbocycles. The van der Waals surface area contributed by atoms with Crippen LogP contribution in [0.3, 0.4) is 0 Å². The summed E-state index contributed by atoms with van der Waals surface area (Å²) in [4.78, 5) is 25.4. The number of carbonyl (C=O) groups excluding carboxylic acids is 2. The number of amides is 2. The molecule has 0 bridgehead atoms. The lowest BCUT2D eigenvalue weighted by Gasteiger charge is -2.21. The first kappa shape index (κ1) is 23.6. The molecule has 3 aromatic rings. The van der Waals surface area contributed by atoms with Gasteiger partial charge in [-0.1, -0.05) is 74.7 Å². The number of carbonyl (C=O) groups is 2. The molecule has 0 saturated heterocycles. The number of benzene rings is 3. The van der Waals surface area contributed by atoms with Crippen molar-refractivity contribution in [1.29, 1.82) is 0 Å². The van der Waals surface area contributed by atoms with Crippen LogP contribution in [0.5, 0.6) is 5.75 Å². The van der Waals surface area contributed by atoms with Gasteiger partial charge in [0, 0.05) is 17.3 Å². The van der Waals surface area contributed by atoms with Crippen LogP contribution in [0.25, 0.3) is 11.1 Å². The molecule has 1 unspecified atom stereocenters. The van der Waals surface area contributed by atoms with Gasteiger partial charge < -0.3 is 15.4 Å². The molecule has 0 aromatic heterocycles. The molecule has 0 heterocycles. The Morgan fingerprint density at radius 3 is 2.15 bits per heavy atom. The van der Waals surface area contributed by atoms with Crippen LogP contribution < -0.4 is 15.4 Å². The Morgan fingerprint density at radius 2 is 1.47 bits per heavy atom. The summed E-state index contributed by atoms with van der Waals surface area (Å²) in [5, 5.41) is 5.93. The number of rotatable bonds is 8. The standard InChI is InChI=1S/C29H32N2O3/c1-2-27(34-26-18-16-22(17-19-26)21-10-5-3-6-11-21)29(33)31-25-15-9-14-24(20-25)30-28(32)23-12-7-4-8-13-23/h3,5-6,9-11,14-20,23,27H,2,4,7-8,12-13H2,1H3,(H,30,32)(H,31,33). The fraction of sp³-hybridized carbons (Fsp3) is 0.310. The van der Waals surface area contributed by atoms with E-state index in [1.54, 1.807) is 6.07 Å². The molecule has 2 N–H and O–H groups in total. The average Bonchev–Trinajstić information content (AvgIpc) is 2.89. The van der Waals surface area contributed by atoms with E-state index < -0.39 is 6.10 Å². The summed E-state index contributed by atoms with van der Waals surface area (Å²) in [6, 6.07) is 25.2. The number of anilines is 2. The summed E-state index contributed by atoms with van der Waals surface area (Å²) in [6.45, 7) is 1.92. The molecule has 0 aliphatic heterocycles. The van der Waals surface area contributed by atoms with Crippen molar-refractivity contribution >= 4 is 23.2 Å². The van der Waals surface area contributed by atoms with Gasteiger partial charge in [-0.2, -0.15) is 0 Å². The minimum Gasteiger partial charge on any atom is -0.481 e. The third kappa shape index (κ3) is 6.25. The second-order valence-corrected chi connectivity index (χ2v) is 8.80. The number of hydrogen-bond acceptors (Lipinski definition) is 3. The predicted octanol–water partition coefficient (Wildman–Crippen LogP) is 6.67. The van der Waals surface area contributed by atoms with Gasteiger partial charge in [0.15, 0.2) is 6.10 Å². The van der Waals surface area contributed by atoms with Gasteiger partial charge in [-0.3, -0.25) is 9.59 Å². The van der Waals surface area contributed by atoms with Crippen molar-refractivity contribution in [3.05, 3.63) is 78.9 Å². The van der Waals surface area contributed by atoms with Crippen LogP contribution in [0.15, 0.2) is 78.9 Å². The first-order valence-corrected chi connectivity index (χ1v) is 12.2. The first-order valence-electron chi connectivity index (χ1n) is 12.2. The zero-order valence-corrected chi connectivity index (χ0v) is 19.6. The minimum atomic E-state index is -0.622. The van der Waals surface area contributed by atoms with Gasteiger partial charge in [0.2, 0.25) is 5.91 Å². The normalized spacial score (nSPS) is 14.7. The molecule has 3 aromatic carbocycles. The molecule has 0 radical (unpaired) electrons. The molecule has 0 spiro atoms. The van der Waals surface area contributed by atoms with E-state index in [1.165, 1.54) is 6.42 Å². The maximum absolute atomic E-state index is 12.9. The molecule has 176 valence electrons. The zero-order chi connectivity index (χ0) is 23.8. The average molecular weight is 457 g/mol. The van der Waals surface area contributed by atoms with Gasteiger partial charge >= 0.3 is 0 Å². The Morgan fingerprint density at radius 1 is 0.824 bits per heavy atom. The van der Waals surface area contributed by atoms with Crippen molar-refractivity contribution in [2.45, 2.75) is 51.6 Å². The van der Waals surface area contributed by atoms with Gasteiger partial charge in [0.05, 0.1) is 0 Å². The van der Waals surface area contributed by atoms with E-state index >= 15 is 0 Å². The van der Waals surface area contributed by atoms with Crippen molar-refractivity contribution in [2.24, 2.45) is 5.92 Å². The van der Waals surface area contributed by atoms with Crippen LogP contribution in [0.4, 0.5) is 11.4 Å². The van der Waals surface area contributed by atoms with E-state index in [0.717, 1.165) is 36.8 Å². The molecule has 1 saturated carbocycles. The third-order valence-electron chi connectivity index (χ3n) is 6.28. The maximum Gasteiger partial charge on any atom is 0.265 e. The highest BCUT2D eigenvalue weighted by Crippen LogP contribution is 2.26. The van der Waals surface area contributed by atoms with Crippen molar-refractivity contribution in [3.8, 4) is 16.9 Å². The molecule has 34 heavy (non-hydrogen) atoms. The molecule has 1 aliphatic rings. The second kappa shape index (κ2) is 11.5. The number of ether oxygens (including phenoxy) is 1. The molecule has 1 atom stereocenters. The monoisotopic (exact) mass is 456 g/mol. The summed E-state index contributed by atoms with van der Waals surface area (Å²) < 4.78 is 5.98. The highest BCUT2D eigenvalue weighted by atomic mass is 16.5. The lowest BCUT2D eigenvalue weighted by Crippen LogP contribution is -2.32. The number of nitrogens with one attached hydrogen (secondary N) is 2. The van der Waals surface area contributed by atoms with E-state index in [1.807, 2.05) is 67.6 Å². The maximum atomic E-state index is 12.9. The van der Waals surface area contributed by atoms with Crippen LogP contribution in [0.2, 0.25) is 0 Å². The van der Waals surface area contributed by atoms with Crippen molar-refractivity contribution < 1.29 is 14.3 Å². The Bertz CT molecular complexity index is 1090. The van der Waals surface area contributed by atoms with Gasteiger partial charge in [0.25, 0.3) is 5.91 Å². The molecule has 2 amide bonds. The van der Waals surface area contributed by atoms with Crippen LogP contribution >= 0.6 is 0 Å². The van der Waals surface area contributed by atoms with Gasteiger partial charge in [-0.25, -0.2) is 0 Å². The lowest BCUT2D eigenvalue weighted by atomic mass is 9.88. The number of hydrogen-bond donors (Lipinski definition) is 2. The molecule has 5 nitrogen and oxygen atoms in total. The van der Waals surface area contributed by atoms with Gasteiger partial charge in [-0.05, 0) is 60.7 Å². The highest BCUT2D eigenvalue weighted by Gasteiger charge is 2.22. The predicted molar refractivity (Wildman–Crippen MR) is 137 cm³/mol. The van der Waals surface area contributed by atoms with E-state index in [-0.39, 0.29) is 17.7 Å². The summed E-state index contributed by atoms with van der Waals surface area (Å²) in [7, 11) is 0. The Hall–Kier alpha value is -3.60. The van der Waals surface area contributed by atoms with E-state index in [4.69, 9.17) is 4.74 Å². The fourth-order valence-corrected chi connectivity index (χ4v) is 4.35. The van der Waals surface area contributed by atoms with Crippen LogP contribution in [-0.4, -0.2) is 17.9 Å². The van der Waals surface area contributed by atoms with Crippen LogP contribution in [-0.2, 0) is 9.59 Å². The summed E-state index contributed by atoms with van der Waals surface area (Å²) in [6.07, 6.45) is 5.24. The molecule has 1 fully saturated rings. The SMILES string of the molecule is CCC(Oc1ccc(-c2ccccc2)cc1)C(=O)Nc1cccc(NC(=O)C2CCCCC2)c1. The first-order chi connectivity index (χ1) is 16.6. The molecule has 5 heteroatoms. The second-order valence-electron chi connectivity index (χ2n) is 8.80. The third-order valence-corrected chi connectivity index (χ3v) is 6.28. The largest absolute Gasteiger partial charge is 0.481 e. The topological polar surface area (TPSA) is 67.4 Å². The van der Waals surface area contributed by atoms with Crippen molar-refractivity contribution in [1.82, 2.24) is 0 Å². The minimum absolute atomic E-state index is 0.0666. The van der Waals surface area contributed by atoms with Gasteiger partial charge in [-0.15, -0.1) is 0 Å². The molecular weight excluding hydrogens is 424 g/mol. The Labute approximate surface area is 201 Å². The van der Waals surface area contributed by atoms with Crippen LogP contribution in [0, 0.1) is 5.92 Å². The highest BCUT2D eigenvalue weighted by molar-refractivity contribution is 5.96. The summed E-state index contributed by atoms with van der Waals surface area (Å²) in [5.41, 5.74) is 3.55. The fourth-order valence-electron chi connectivity index (χ4n) is 4.35. The Kier molecular flexibility index (Phi) is 7.97. The van der Waals surface area contributed by atoms with Crippen molar-refractivity contribution in [2.75, 3.05) is 10.6 Å². The zero-order valence-electron chi connectivity index (χ0n) is 19.6. The molecular formula is C29H32N2O3. The van der Waals surface area contributed by atoms with E-state index in [9.17, 15) is 9.59 Å². The van der Waals surface area contributed by atoms with Crippen LogP contribution in [0.1, 0.15) is 45.4 Å². The quantitative estimate of drug-likeness (QED) is 0.398. The van der Waals surface area contributed by atoms with E-state index in [2.05, 4.69) is 22.8 Å². The lowest BCUT2D eigenvalue weighted by molar-refractivity contribution is -0.123. The molecule has 4 rings (SSSR count). The summed E-state index contributed by atoms with van der Waals surface area (Å²) >= 11 is 0.